The highest BCUT2D eigenvalue weighted by Crippen LogP contribution is 2.37. The molecule has 194 valence electrons. The Bertz CT molecular complexity index is 1380. The number of hydrogen-bond acceptors (Lipinski definition) is 8. The third kappa shape index (κ3) is 6.29. The highest BCUT2D eigenvalue weighted by Gasteiger charge is 2.31. The first-order valence-electron chi connectivity index (χ1n) is 11.4. The Morgan fingerprint density at radius 2 is 1.81 bits per heavy atom. The van der Waals surface area contributed by atoms with Gasteiger partial charge >= 0.3 is 6.18 Å². The number of aromatic nitrogens is 3. The van der Waals surface area contributed by atoms with Crippen molar-refractivity contribution < 1.29 is 27.4 Å². The molecule has 0 aliphatic rings. The van der Waals surface area contributed by atoms with Crippen molar-refractivity contribution >= 4 is 22.4 Å². The molecule has 11 heteroatoms. The highest BCUT2D eigenvalue weighted by molar-refractivity contribution is 5.92. The first kappa shape index (κ1) is 25.8. The normalized spacial score (nSPS) is 12.3. The van der Waals surface area contributed by atoms with Crippen LogP contribution in [0, 0.1) is 6.92 Å². The standard InChI is InChI=1S/C26H26F3N5O3/c1-15(17-9-18(26(27,28)29)11-19(30)10-17)32-25-21-12-24(23(35-3)13-22(21)33-16(2)34-25)37-8-7-36-20-5-4-6-31-14-20/h4-6,9-15H,7-8,30H2,1-3H3,(H,32,33,34). The molecule has 0 fully saturated rings. The number of nitrogens with zero attached hydrogens (tertiary/aromatic N) is 3. The minimum atomic E-state index is -4.51. The Hall–Kier alpha value is -4.28. The van der Waals surface area contributed by atoms with Gasteiger partial charge in [0.2, 0.25) is 0 Å². The van der Waals surface area contributed by atoms with E-state index < -0.39 is 17.8 Å². The molecular formula is C26H26F3N5O3. The van der Waals surface area contributed by atoms with Crippen LogP contribution in [0.1, 0.15) is 29.9 Å². The van der Waals surface area contributed by atoms with Crippen LogP contribution in [-0.4, -0.2) is 35.3 Å². The molecule has 2 aromatic carbocycles. The highest BCUT2D eigenvalue weighted by atomic mass is 19.4. The monoisotopic (exact) mass is 513 g/mol. The van der Waals surface area contributed by atoms with Crippen molar-refractivity contribution in [1.29, 1.82) is 0 Å². The van der Waals surface area contributed by atoms with Crippen LogP contribution in [0.4, 0.5) is 24.7 Å². The minimum absolute atomic E-state index is 0.0242. The lowest BCUT2D eigenvalue weighted by Gasteiger charge is -2.20. The average molecular weight is 514 g/mol. The molecule has 0 amide bonds. The smallest absolute Gasteiger partial charge is 0.416 e. The molecule has 0 aliphatic heterocycles. The molecule has 0 aliphatic carbocycles. The van der Waals surface area contributed by atoms with Gasteiger partial charge in [0.05, 0.1) is 30.4 Å². The van der Waals surface area contributed by atoms with Gasteiger partial charge in [-0.1, -0.05) is 0 Å². The van der Waals surface area contributed by atoms with E-state index in [0.717, 1.165) is 12.1 Å². The number of anilines is 2. The lowest BCUT2D eigenvalue weighted by atomic mass is 10.0. The first-order chi connectivity index (χ1) is 17.6. The molecule has 8 nitrogen and oxygen atoms in total. The zero-order valence-corrected chi connectivity index (χ0v) is 20.5. The fraction of sp³-hybridized carbons (Fsp3) is 0.269. The second-order valence-corrected chi connectivity index (χ2v) is 8.28. The van der Waals surface area contributed by atoms with E-state index in [1.54, 1.807) is 50.5 Å². The summed E-state index contributed by atoms with van der Waals surface area (Å²) in [5.74, 6) is 2.44. The maximum absolute atomic E-state index is 13.3. The Morgan fingerprint density at radius 1 is 1.03 bits per heavy atom. The van der Waals surface area contributed by atoms with E-state index in [-0.39, 0.29) is 18.9 Å². The van der Waals surface area contributed by atoms with E-state index in [9.17, 15) is 13.2 Å². The van der Waals surface area contributed by atoms with Gasteiger partial charge in [0, 0.05) is 23.3 Å². The van der Waals surface area contributed by atoms with Crippen LogP contribution in [0.15, 0.2) is 54.9 Å². The zero-order valence-electron chi connectivity index (χ0n) is 20.5. The van der Waals surface area contributed by atoms with E-state index in [0.29, 0.717) is 45.4 Å². The van der Waals surface area contributed by atoms with E-state index in [2.05, 4.69) is 20.3 Å². The molecule has 0 spiro atoms. The number of fused-ring (bicyclic) bond motifs is 1. The van der Waals surface area contributed by atoms with Crippen LogP contribution < -0.4 is 25.3 Å². The van der Waals surface area contributed by atoms with Gasteiger partial charge in [-0.05, 0) is 55.8 Å². The largest absolute Gasteiger partial charge is 0.493 e. The SMILES string of the molecule is COc1cc2nc(C)nc(NC(C)c3cc(N)cc(C(F)(F)F)c3)c2cc1OCCOc1cccnc1. The molecule has 4 aromatic rings. The van der Waals surface area contributed by atoms with Crippen LogP contribution >= 0.6 is 0 Å². The van der Waals surface area contributed by atoms with Gasteiger partial charge in [-0.25, -0.2) is 9.97 Å². The van der Waals surface area contributed by atoms with Crippen LogP contribution in [0.5, 0.6) is 17.2 Å². The number of rotatable bonds is 9. The number of hydrogen-bond donors (Lipinski definition) is 2. The molecule has 0 saturated carbocycles. The van der Waals surface area contributed by atoms with Gasteiger partial charge in [-0.15, -0.1) is 0 Å². The van der Waals surface area contributed by atoms with Crippen LogP contribution in [0.3, 0.4) is 0 Å². The van der Waals surface area contributed by atoms with Gasteiger partial charge in [0.1, 0.15) is 30.6 Å². The van der Waals surface area contributed by atoms with E-state index in [1.165, 1.54) is 13.2 Å². The van der Waals surface area contributed by atoms with E-state index in [4.69, 9.17) is 19.9 Å². The summed E-state index contributed by atoms with van der Waals surface area (Å²) in [5, 5.41) is 3.81. The number of ether oxygens (including phenoxy) is 3. The summed E-state index contributed by atoms with van der Waals surface area (Å²) >= 11 is 0. The number of nitrogens with one attached hydrogen (secondary N) is 1. The quantitative estimate of drug-likeness (QED) is 0.221. The van der Waals surface area contributed by atoms with Crippen molar-refractivity contribution in [2.24, 2.45) is 0 Å². The predicted octanol–water partition coefficient (Wildman–Crippen LogP) is 5.57. The number of aryl methyl sites for hydroxylation is 1. The number of nitrogen functional groups attached to an aromatic ring is 1. The van der Waals surface area contributed by atoms with Gasteiger partial charge in [-0.3, -0.25) is 4.98 Å². The van der Waals surface area contributed by atoms with Crippen molar-refractivity contribution in [3.8, 4) is 17.2 Å². The summed E-state index contributed by atoms with van der Waals surface area (Å²) in [6, 6.07) is 9.96. The molecule has 3 N–H and O–H groups in total. The van der Waals surface area contributed by atoms with Crippen molar-refractivity contribution in [2.45, 2.75) is 26.1 Å². The fourth-order valence-electron chi connectivity index (χ4n) is 3.76. The number of pyridine rings is 1. The summed E-state index contributed by atoms with van der Waals surface area (Å²) in [4.78, 5) is 13.0. The second kappa shape index (κ2) is 10.8. The second-order valence-electron chi connectivity index (χ2n) is 8.28. The molecule has 0 saturated heterocycles. The van der Waals surface area contributed by atoms with Crippen LogP contribution in [0.25, 0.3) is 10.9 Å². The van der Waals surface area contributed by atoms with Gasteiger partial charge in [0.15, 0.2) is 11.5 Å². The molecule has 0 radical (unpaired) electrons. The molecular weight excluding hydrogens is 487 g/mol. The topological polar surface area (TPSA) is 104 Å². The Labute approximate surface area is 211 Å². The van der Waals surface area contributed by atoms with Crippen molar-refractivity contribution in [3.63, 3.8) is 0 Å². The van der Waals surface area contributed by atoms with Crippen molar-refractivity contribution in [1.82, 2.24) is 15.0 Å². The maximum Gasteiger partial charge on any atom is 0.416 e. The third-order valence-corrected chi connectivity index (χ3v) is 5.50. The van der Waals surface area contributed by atoms with Gasteiger partial charge < -0.3 is 25.3 Å². The summed E-state index contributed by atoms with van der Waals surface area (Å²) in [6.45, 7) is 3.96. The molecule has 2 aromatic heterocycles. The fourth-order valence-corrected chi connectivity index (χ4v) is 3.76. The molecule has 37 heavy (non-hydrogen) atoms. The van der Waals surface area contributed by atoms with Crippen LogP contribution in [-0.2, 0) is 6.18 Å². The Morgan fingerprint density at radius 3 is 2.51 bits per heavy atom. The number of benzene rings is 2. The van der Waals surface area contributed by atoms with Gasteiger partial charge in [0.25, 0.3) is 0 Å². The number of methoxy groups -OCH3 is 1. The molecule has 1 unspecified atom stereocenters. The first-order valence-corrected chi connectivity index (χ1v) is 11.4. The van der Waals surface area contributed by atoms with Crippen molar-refractivity contribution in [3.05, 3.63) is 71.8 Å². The molecule has 2 heterocycles. The molecule has 0 bridgehead atoms. The summed E-state index contributed by atoms with van der Waals surface area (Å²) in [7, 11) is 1.52. The summed E-state index contributed by atoms with van der Waals surface area (Å²) in [5.41, 5.74) is 5.92. The number of alkyl halides is 3. The third-order valence-electron chi connectivity index (χ3n) is 5.50. The lowest BCUT2D eigenvalue weighted by Crippen LogP contribution is -2.13. The zero-order chi connectivity index (χ0) is 26.6. The molecule has 1 atom stereocenters. The van der Waals surface area contributed by atoms with Crippen LogP contribution in [0.2, 0.25) is 0 Å². The predicted molar refractivity (Wildman–Crippen MR) is 134 cm³/mol. The van der Waals surface area contributed by atoms with Crippen molar-refractivity contribution in [2.75, 3.05) is 31.4 Å². The number of nitrogens with two attached hydrogens (primary N) is 1. The summed E-state index contributed by atoms with van der Waals surface area (Å²) < 4.78 is 56.9. The Kier molecular flexibility index (Phi) is 7.51. The lowest BCUT2D eigenvalue weighted by molar-refractivity contribution is -0.137. The van der Waals surface area contributed by atoms with E-state index in [1.807, 2.05) is 0 Å². The minimum Gasteiger partial charge on any atom is -0.493 e. The van der Waals surface area contributed by atoms with E-state index >= 15 is 0 Å². The average Bonchev–Trinajstić information content (AvgIpc) is 2.86. The maximum atomic E-state index is 13.3. The Balaban J connectivity index is 1.59. The summed E-state index contributed by atoms with van der Waals surface area (Å²) in [6.07, 6.45) is -1.25. The van der Waals surface area contributed by atoms with Gasteiger partial charge in [-0.2, -0.15) is 13.2 Å². The molecule has 4 rings (SSSR count). The number of halogens is 3.